The van der Waals surface area contributed by atoms with E-state index in [9.17, 15) is 4.79 Å². The van der Waals surface area contributed by atoms with Crippen molar-refractivity contribution in [2.75, 3.05) is 32.0 Å². The third-order valence-corrected chi connectivity index (χ3v) is 7.96. The molecule has 6 rings (SSSR count). The number of benzene rings is 3. The fourth-order valence-corrected chi connectivity index (χ4v) is 5.67. The maximum absolute atomic E-state index is 13.1. The number of carbonyl (C=O) groups is 1. The second-order valence-corrected chi connectivity index (χ2v) is 10.6. The normalized spacial score (nSPS) is 11.0. The van der Waals surface area contributed by atoms with E-state index in [1.807, 2.05) is 56.4 Å². The highest BCUT2D eigenvalue weighted by Crippen LogP contribution is 2.42. The molecule has 0 spiro atoms. The Kier molecular flexibility index (Phi) is 7.43. The minimum absolute atomic E-state index is 0.218. The number of methoxy groups -OCH3 is 3. The SMILES string of the molecule is COc1cc(Nc2nc(C)c(-c3nc(-c4cc(NC(=O)c5cccc6cc[nH]c56)ccc4C)no3)s2)cc(OC)c1OC. The zero-order valence-electron chi connectivity index (χ0n) is 24.1. The summed E-state index contributed by atoms with van der Waals surface area (Å²) in [6, 6.07) is 16.7. The molecule has 3 aromatic carbocycles. The van der Waals surface area contributed by atoms with Crippen LogP contribution >= 0.6 is 11.3 Å². The fourth-order valence-electron chi connectivity index (χ4n) is 4.76. The maximum Gasteiger partial charge on any atom is 0.270 e. The standard InChI is InChI=1S/C31H28N6O5S/c1-16-9-10-19(34-29(38)21-8-6-7-18-11-12-32-25(18)21)13-22(16)28-36-30(42-37-28)27-17(2)33-31(43-27)35-20-14-23(39-3)26(41-5)24(15-20)40-4/h6-15,32H,1-5H3,(H,33,35)(H,34,38). The monoisotopic (exact) mass is 596 g/mol. The Labute approximate surface area is 250 Å². The summed E-state index contributed by atoms with van der Waals surface area (Å²) >= 11 is 1.38. The summed E-state index contributed by atoms with van der Waals surface area (Å²) < 4.78 is 22.0. The zero-order chi connectivity index (χ0) is 30.1. The quantitative estimate of drug-likeness (QED) is 0.161. The van der Waals surface area contributed by atoms with E-state index in [-0.39, 0.29) is 5.91 Å². The number of thiazole rings is 1. The van der Waals surface area contributed by atoms with Crippen molar-refractivity contribution < 1.29 is 23.5 Å². The van der Waals surface area contributed by atoms with Crippen LogP contribution in [0.2, 0.25) is 0 Å². The number of aryl methyl sites for hydroxylation is 2. The molecule has 0 saturated carbocycles. The first-order valence-electron chi connectivity index (χ1n) is 13.3. The number of nitrogens with zero attached hydrogens (tertiary/aromatic N) is 3. The average molecular weight is 597 g/mol. The lowest BCUT2D eigenvalue weighted by molar-refractivity contribution is 0.102. The van der Waals surface area contributed by atoms with Crippen molar-refractivity contribution in [2.24, 2.45) is 0 Å². The van der Waals surface area contributed by atoms with E-state index in [4.69, 9.17) is 18.7 Å². The lowest BCUT2D eigenvalue weighted by Crippen LogP contribution is -2.12. The van der Waals surface area contributed by atoms with Gasteiger partial charge < -0.3 is 34.4 Å². The van der Waals surface area contributed by atoms with Crippen molar-refractivity contribution in [1.29, 1.82) is 0 Å². The molecule has 43 heavy (non-hydrogen) atoms. The molecular weight excluding hydrogens is 568 g/mol. The first-order chi connectivity index (χ1) is 20.9. The van der Waals surface area contributed by atoms with Crippen LogP contribution in [0, 0.1) is 13.8 Å². The maximum atomic E-state index is 13.1. The molecule has 0 aliphatic heterocycles. The van der Waals surface area contributed by atoms with Gasteiger partial charge in [0.25, 0.3) is 11.8 Å². The number of para-hydroxylation sites is 1. The van der Waals surface area contributed by atoms with Crippen molar-refractivity contribution in [3.05, 3.63) is 77.6 Å². The van der Waals surface area contributed by atoms with E-state index in [0.717, 1.165) is 32.6 Å². The number of hydrogen-bond acceptors (Lipinski definition) is 10. The van der Waals surface area contributed by atoms with Crippen LogP contribution < -0.4 is 24.8 Å². The van der Waals surface area contributed by atoms with E-state index >= 15 is 0 Å². The minimum atomic E-state index is -0.218. The Balaban J connectivity index is 1.24. The number of carbonyl (C=O) groups excluding carboxylic acids is 1. The lowest BCUT2D eigenvalue weighted by Gasteiger charge is -2.14. The zero-order valence-corrected chi connectivity index (χ0v) is 24.9. The van der Waals surface area contributed by atoms with E-state index in [2.05, 4.69) is 30.7 Å². The van der Waals surface area contributed by atoms with Gasteiger partial charge >= 0.3 is 0 Å². The third-order valence-electron chi connectivity index (χ3n) is 6.90. The van der Waals surface area contributed by atoms with Crippen LogP contribution in [0.25, 0.3) is 33.1 Å². The van der Waals surface area contributed by atoms with Crippen LogP contribution in [0.5, 0.6) is 17.2 Å². The van der Waals surface area contributed by atoms with Gasteiger partial charge in [-0.25, -0.2) is 4.98 Å². The third kappa shape index (κ3) is 5.35. The Hall–Kier alpha value is -5.36. The smallest absolute Gasteiger partial charge is 0.270 e. The van der Waals surface area contributed by atoms with Crippen LogP contribution in [0.1, 0.15) is 21.6 Å². The van der Waals surface area contributed by atoms with Gasteiger partial charge in [-0.3, -0.25) is 4.79 Å². The molecule has 0 atom stereocenters. The molecule has 3 aromatic heterocycles. The molecule has 0 radical (unpaired) electrons. The van der Waals surface area contributed by atoms with Gasteiger partial charge in [0.1, 0.15) is 4.88 Å². The lowest BCUT2D eigenvalue weighted by atomic mass is 10.1. The van der Waals surface area contributed by atoms with Crippen molar-refractivity contribution in [3.63, 3.8) is 0 Å². The molecule has 11 nitrogen and oxygen atoms in total. The van der Waals surface area contributed by atoms with Gasteiger partial charge in [0.05, 0.1) is 38.1 Å². The molecular formula is C31H28N6O5S. The summed E-state index contributed by atoms with van der Waals surface area (Å²) in [5.74, 6) is 2.08. The second-order valence-electron chi connectivity index (χ2n) is 9.63. The topological polar surface area (TPSA) is 136 Å². The van der Waals surface area contributed by atoms with Crippen LogP contribution in [-0.2, 0) is 0 Å². The van der Waals surface area contributed by atoms with Gasteiger partial charge in [0.15, 0.2) is 16.6 Å². The first kappa shape index (κ1) is 27.8. The van der Waals surface area contributed by atoms with Gasteiger partial charge in [0, 0.05) is 40.7 Å². The van der Waals surface area contributed by atoms with Crippen LogP contribution in [0.4, 0.5) is 16.5 Å². The number of aromatic nitrogens is 4. The van der Waals surface area contributed by atoms with Crippen molar-refractivity contribution in [2.45, 2.75) is 13.8 Å². The molecule has 0 fully saturated rings. The van der Waals surface area contributed by atoms with E-state index < -0.39 is 0 Å². The molecule has 0 unspecified atom stereocenters. The summed E-state index contributed by atoms with van der Waals surface area (Å²) in [7, 11) is 4.69. The Bertz CT molecular complexity index is 1930. The second kappa shape index (κ2) is 11.5. The Morgan fingerprint density at radius 2 is 1.72 bits per heavy atom. The number of fused-ring (bicyclic) bond motifs is 1. The molecule has 0 aliphatic rings. The van der Waals surface area contributed by atoms with E-state index in [1.54, 1.807) is 39.5 Å². The van der Waals surface area contributed by atoms with Crippen molar-refractivity contribution in [1.82, 2.24) is 20.1 Å². The summed E-state index contributed by atoms with van der Waals surface area (Å²) in [5.41, 5.74) is 5.07. The van der Waals surface area contributed by atoms with Crippen molar-refractivity contribution >= 4 is 44.7 Å². The van der Waals surface area contributed by atoms with Gasteiger partial charge in [-0.05, 0) is 43.7 Å². The summed E-state index contributed by atoms with van der Waals surface area (Å²) in [4.78, 5) is 26.3. The number of hydrogen-bond donors (Lipinski definition) is 3. The molecule has 0 bridgehead atoms. The highest BCUT2D eigenvalue weighted by Gasteiger charge is 2.20. The number of ether oxygens (including phenoxy) is 3. The van der Waals surface area contributed by atoms with E-state index in [1.165, 1.54) is 11.3 Å². The molecule has 3 N–H and O–H groups in total. The molecule has 1 amide bonds. The number of amides is 1. The van der Waals surface area contributed by atoms with Crippen LogP contribution in [0.15, 0.2) is 65.3 Å². The highest BCUT2D eigenvalue weighted by molar-refractivity contribution is 7.19. The van der Waals surface area contributed by atoms with Crippen LogP contribution in [0.3, 0.4) is 0 Å². The summed E-state index contributed by atoms with van der Waals surface area (Å²) in [5, 5.41) is 12.1. The molecule has 3 heterocycles. The van der Waals surface area contributed by atoms with Gasteiger partial charge in [-0.15, -0.1) is 0 Å². The highest BCUT2D eigenvalue weighted by atomic mass is 32.1. The molecule has 6 aromatic rings. The first-order valence-corrected chi connectivity index (χ1v) is 14.1. The van der Waals surface area contributed by atoms with Crippen LogP contribution in [-0.4, -0.2) is 47.3 Å². The van der Waals surface area contributed by atoms with E-state index in [0.29, 0.717) is 51.0 Å². The number of rotatable bonds is 9. The molecule has 0 saturated heterocycles. The largest absolute Gasteiger partial charge is 0.493 e. The number of H-pyrrole nitrogens is 1. The number of anilines is 3. The predicted octanol–water partition coefficient (Wildman–Crippen LogP) is 6.98. The molecule has 0 aliphatic carbocycles. The average Bonchev–Trinajstić information content (AvgIpc) is 3.77. The van der Waals surface area contributed by atoms with Gasteiger partial charge in [-0.1, -0.05) is 34.7 Å². The van der Waals surface area contributed by atoms with Gasteiger partial charge in [-0.2, -0.15) is 4.98 Å². The summed E-state index contributed by atoms with van der Waals surface area (Å²) in [6.45, 7) is 3.83. The Morgan fingerprint density at radius 1 is 0.930 bits per heavy atom. The molecule has 218 valence electrons. The summed E-state index contributed by atoms with van der Waals surface area (Å²) in [6.07, 6.45) is 1.82. The minimum Gasteiger partial charge on any atom is -0.493 e. The fraction of sp³-hybridized carbons (Fsp3) is 0.161. The van der Waals surface area contributed by atoms with Crippen molar-refractivity contribution in [3.8, 4) is 39.4 Å². The predicted molar refractivity (Wildman–Crippen MR) is 166 cm³/mol. The molecule has 12 heteroatoms. The van der Waals surface area contributed by atoms with Gasteiger partial charge in [0.2, 0.25) is 11.6 Å². The number of nitrogens with one attached hydrogen (secondary N) is 3. The Morgan fingerprint density at radius 3 is 2.47 bits per heavy atom. The number of aromatic amines is 1.